The van der Waals surface area contributed by atoms with E-state index in [9.17, 15) is 4.79 Å². The van der Waals surface area contributed by atoms with Gasteiger partial charge in [0, 0.05) is 18.2 Å². The van der Waals surface area contributed by atoms with Crippen molar-refractivity contribution in [3.63, 3.8) is 0 Å². The normalized spacial score (nSPS) is 19.3. The predicted octanol–water partition coefficient (Wildman–Crippen LogP) is 2.90. The second kappa shape index (κ2) is 5.71. The Labute approximate surface area is 110 Å². The summed E-state index contributed by atoms with van der Waals surface area (Å²) in [5, 5.41) is 3.69. The molecule has 0 aromatic heterocycles. The minimum Gasteiger partial charge on any atom is -0.376 e. The molecule has 1 heterocycles. The molecule has 1 N–H and O–H groups in total. The third-order valence-electron chi connectivity index (χ3n) is 2.69. The highest BCUT2D eigenvalue weighted by Crippen LogP contribution is 2.21. The van der Waals surface area contributed by atoms with Crippen LogP contribution in [-0.4, -0.2) is 25.2 Å². The van der Waals surface area contributed by atoms with Crippen molar-refractivity contribution in [2.24, 2.45) is 0 Å². The molecule has 0 spiro atoms. The molecule has 0 saturated carbocycles. The van der Waals surface area contributed by atoms with Crippen LogP contribution in [0.15, 0.2) is 18.2 Å². The molecule has 0 aliphatic carbocycles. The topological polar surface area (TPSA) is 38.3 Å². The number of ether oxygens (including phenoxy) is 1. The predicted molar refractivity (Wildman–Crippen MR) is 67.8 cm³/mol. The second-order valence-corrected chi connectivity index (χ2v) is 4.81. The fourth-order valence-corrected chi connectivity index (χ4v) is 2.28. The number of rotatable bonds is 3. The van der Waals surface area contributed by atoms with Crippen molar-refractivity contribution in [1.29, 1.82) is 0 Å². The van der Waals surface area contributed by atoms with E-state index >= 15 is 0 Å². The van der Waals surface area contributed by atoms with Gasteiger partial charge in [-0.3, -0.25) is 4.79 Å². The summed E-state index contributed by atoms with van der Waals surface area (Å²) in [6.45, 7) is 1.31. The molecule has 0 radical (unpaired) electrons. The fraction of sp³-hybridized carbons (Fsp3) is 0.417. The van der Waals surface area contributed by atoms with Crippen LogP contribution in [0, 0.1) is 0 Å². The molecule has 1 amide bonds. The zero-order valence-electron chi connectivity index (χ0n) is 9.21. The molecule has 1 aromatic carbocycles. The van der Waals surface area contributed by atoms with E-state index in [1.165, 1.54) is 0 Å². The Hall–Kier alpha value is -0.770. The third kappa shape index (κ3) is 3.35. The van der Waals surface area contributed by atoms with Crippen LogP contribution in [0.1, 0.15) is 23.2 Å². The van der Waals surface area contributed by atoms with Gasteiger partial charge in [-0.15, -0.1) is 0 Å². The lowest BCUT2D eigenvalue weighted by Crippen LogP contribution is -2.31. The molecule has 1 aliphatic rings. The van der Waals surface area contributed by atoms with E-state index in [1.54, 1.807) is 18.2 Å². The van der Waals surface area contributed by atoms with E-state index in [4.69, 9.17) is 27.9 Å². The smallest absolute Gasteiger partial charge is 0.252 e. The lowest BCUT2D eigenvalue weighted by atomic mass is 10.2. The number of carbonyl (C=O) groups is 1. The van der Waals surface area contributed by atoms with Gasteiger partial charge in [0.1, 0.15) is 0 Å². The van der Waals surface area contributed by atoms with Gasteiger partial charge in [-0.25, -0.2) is 0 Å². The van der Waals surface area contributed by atoms with Gasteiger partial charge in [0.15, 0.2) is 0 Å². The first-order valence-corrected chi connectivity index (χ1v) is 6.27. The van der Waals surface area contributed by atoms with Crippen LogP contribution in [0.4, 0.5) is 0 Å². The number of halogens is 2. The van der Waals surface area contributed by atoms with Gasteiger partial charge in [-0.2, -0.15) is 0 Å². The summed E-state index contributed by atoms with van der Waals surface area (Å²) < 4.78 is 5.42. The van der Waals surface area contributed by atoms with Gasteiger partial charge in [0.25, 0.3) is 5.91 Å². The maximum absolute atomic E-state index is 11.8. The van der Waals surface area contributed by atoms with Crippen molar-refractivity contribution >= 4 is 29.1 Å². The van der Waals surface area contributed by atoms with E-state index in [-0.39, 0.29) is 12.0 Å². The lowest BCUT2D eigenvalue weighted by molar-refractivity contribution is 0.0858. The molecule has 92 valence electrons. The van der Waals surface area contributed by atoms with Crippen LogP contribution in [-0.2, 0) is 4.74 Å². The molecule has 5 heteroatoms. The van der Waals surface area contributed by atoms with Crippen molar-refractivity contribution in [2.45, 2.75) is 18.9 Å². The molecular weight excluding hydrogens is 261 g/mol. The summed E-state index contributed by atoms with van der Waals surface area (Å²) in [4.78, 5) is 11.8. The summed E-state index contributed by atoms with van der Waals surface area (Å²) in [5.74, 6) is -0.192. The monoisotopic (exact) mass is 273 g/mol. The molecule has 0 bridgehead atoms. The van der Waals surface area contributed by atoms with E-state index in [1.807, 2.05) is 0 Å². The molecule has 2 rings (SSSR count). The van der Waals surface area contributed by atoms with Crippen LogP contribution < -0.4 is 5.32 Å². The summed E-state index contributed by atoms with van der Waals surface area (Å²) in [7, 11) is 0. The van der Waals surface area contributed by atoms with Crippen LogP contribution in [0.3, 0.4) is 0 Å². The van der Waals surface area contributed by atoms with Gasteiger partial charge in [0.2, 0.25) is 0 Å². The lowest BCUT2D eigenvalue weighted by Gasteiger charge is -2.11. The summed E-state index contributed by atoms with van der Waals surface area (Å²) in [6.07, 6.45) is 2.18. The molecule has 1 saturated heterocycles. The largest absolute Gasteiger partial charge is 0.376 e. The van der Waals surface area contributed by atoms with Crippen LogP contribution >= 0.6 is 23.2 Å². The Kier molecular flexibility index (Phi) is 4.26. The zero-order valence-corrected chi connectivity index (χ0v) is 10.7. The van der Waals surface area contributed by atoms with Gasteiger partial charge < -0.3 is 10.1 Å². The van der Waals surface area contributed by atoms with Crippen molar-refractivity contribution in [3.8, 4) is 0 Å². The SMILES string of the molecule is O=C(NCC1CCCO1)c1ccc(Cl)cc1Cl. The van der Waals surface area contributed by atoms with E-state index in [0.717, 1.165) is 19.4 Å². The molecular formula is C12H13Cl2NO2. The maximum atomic E-state index is 11.8. The number of benzene rings is 1. The summed E-state index contributed by atoms with van der Waals surface area (Å²) in [5.41, 5.74) is 0.439. The number of hydrogen-bond acceptors (Lipinski definition) is 2. The molecule has 1 atom stereocenters. The van der Waals surface area contributed by atoms with E-state index < -0.39 is 0 Å². The zero-order chi connectivity index (χ0) is 12.3. The number of carbonyl (C=O) groups excluding carboxylic acids is 1. The average Bonchev–Trinajstić information content (AvgIpc) is 2.78. The second-order valence-electron chi connectivity index (χ2n) is 3.97. The Bertz CT molecular complexity index is 417. The molecule has 1 fully saturated rings. The van der Waals surface area contributed by atoms with Crippen LogP contribution in [0.5, 0.6) is 0 Å². The quantitative estimate of drug-likeness (QED) is 0.920. The first-order chi connectivity index (χ1) is 8.16. The Balaban J connectivity index is 1.94. The maximum Gasteiger partial charge on any atom is 0.252 e. The Morgan fingerprint density at radius 2 is 2.29 bits per heavy atom. The van der Waals surface area contributed by atoms with Crippen molar-refractivity contribution in [3.05, 3.63) is 33.8 Å². The van der Waals surface area contributed by atoms with Crippen LogP contribution in [0.25, 0.3) is 0 Å². The standard InChI is InChI=1S/C12H13Cl2NO2/c13-8-3-4-10(11(14)6-8)12(16)15-7-9-2-1-5-17-9/h3-4,6,9H,1-2,5,7H2,(H,15,16). The third-order valence-corrected chi connectivity index (χ3v) is 3.24. The molecule has 17 heavy (non-hydrogen) atoms. The van der Waals surface area contributed by atoms with E-state index in [2.05, 4.69) is 5.32 Å². The molecule has 1 unspecified atom stereocenters. The highest BCUT2D eigenvalue weighted by Gasteiger charge is 2.17. The molecule has 1 aliphatic heterocycles. The van der Waals surface area contributed by atoms with Gasteiger partial charge >= 0.3 is 0 Å². The van der Waals surface area contributed by atoms with Gasteiger partial charge in [0.05, 0.1) is 16.7 Å². The number of amides is 1. The molecule has 1 aromatic rings. The van der Waals surface area contributed by atoms with Crippen molar-refractivity contribution in [2.75, 3.05) is 13.2 Å². The minimum absolute atomic E-state index is 0.130. The number of hydrogen-bond donors (Lipinski definition) is 1. The Morgan fingerprint density at radius 1 is 1.47 bits per heavy atom. The summed E-state index contributed by atoms with van der Waals surface area (Å²) in [6, 6.07) is 4.83. The van der Waals surface area contributed by atoms with Crippen molar-refractivity contribution in [1.82, 2.24) is 5.32 Å². The first kappa shape index (κ1) is 12.7. The van der Waals surface area contributed by atoms with Gasteiger partial charge in [-0.1, -0.05) is 23.2 Å². The first-order valence-electron chi connectivity index (χ1n) is 5.51. The summed E-state index contributed by atoms with van der Waals surface area (Å²) >= 11 is 11.7. The van der Waals surface area contributed by atoms with Crippen molar-refractivity contribution < 1.29 is 9.53 Å². The average molecular weight is 274 g/mol. The van der Waals surface area contributed by atoms with E-state index in [0.29, 0.717) is 22.2 Å². The highest BCUT2D eigenvalue weighted by atomic mass is 35.5. The Morgan fingerprint density at radius 3 is 2.94 bits per heavy atom. The number of nitrogens with one attached hydrogen (secondary N) is 1. The van der Waals surface area contributed by atoms with Crippen LogP contribution in [0.2, 0.25) is 10.0 Å². The fourth-order valence-electron chi connectivity index (χ4n) is 1.78. The highest BCUT2D eigenvalue weighted by molar-refractivity contribution is 6.36. The molecule has 3 nitrogen and oxygen atoms in total. The minimum atomic E-state index is -0.192. The van der Waals surface area contributed by atoms with Gasteiger partial charge in [-0.05, 0) is 31.0 Å².